The Balaban J connectivity index is 2.24. The highest BCUT2D eigenvalue weighted by Crippen LogP contribution is 2.33. The lowest BCUT2D eigenvalue weighted by Crippen LogP contribution is -2.29. The Kier molecular flexibility index (Phi) is 2.77. The van der Waals surface area contributed by atoms with Crippen LogP contribution < -0.4 is 10.6 Å². The molecule has 1 saturated carbocycles. The van der Waals surface area contributed by atoms with Crippen LogP contribution in [-0.4, -0.2) is 24.3 Å². The van der Waals surface area contributed by atoms with Gasteiger partial charge in [0.15, 0.2) is 0 Å². The van der Waals surface area contributed by atoms with Gasteiger partial charge in [0.05, 0.1) is 12.3 Å². The molecule has 3 N–H and O–H groups in total. The van der Waals surface area contributed by atoms with E-state index in [1.54, 1.807) is 12.1 Å². The van der Waals surface area contributed by atoms with Crippen LogP contribution in [0.15, 0.2) is 18.2 Å². The van der Waals surface area contributed by atoms with Gasteiger partial charge in [0, 0.05) is 18.3 Å². The second-order valence-corrected chi connectivity index (χ2v) is 3.86. The van der Waals surface area contributed by atoms with Crippen molar-refractivity contribution in [3.63, 3.8) is 0 Å². The highest BCUT2D eigenvalue weighted by atomic mass is 19.1. The number of nitrogens with zero attached hydrogens (tertiary/aromatic N) is 1. The van der Waals surface area contributed by atoms with Crippen LogP contribution in [0.5, 0.6) is 0 Å². The number of nitrogens with two attached hydrogens (primary N) is 1. The molecule has 4 heteroatoms. The van der Waals surface area contributed by atoms with Crippen LogP contribution in [0.4, 0.5) is 15.8 Å². The van der Waals surface area contributed by atoms with Gasteiger partial charge in [-0.2, -0.15) is 0 Å². The van der Waals surface area contributed by atoms with Crippen LogP contribution >= 0.6 is 0 Å². The van der Waals surface area contributed by atoms with Crippen LogP contribution in [0.1, 0.15) is 12.8 Å². The molecule has 1 aliphatic rings. The number of hydrogen-bond acceptors (Lipinski definition) is 3. The molecule has 0 heterocycles. The summed E-state index contributed by atoms with van der Waals surface area (Å²) in [7, 11) is 0. The van der Waals surface area contributed by atoms with Gasteiger partial charge in [0.25, 0.3) is 0 Å². The summed E-state index contributed by atoms with van der Waals surface area (Å²) in [6.45, 7) is 0.520. The highest BCUT2D eigenvalue weighted by Gasteiger charge is 2.30. The highest BCUT2D eigenvalue weighted by molar-refractivity contribution is 5.55. The first kappa shape index (κ1) is 10.2. The van der Waals surface area contributed by atoms with E-state index in [1.165, 1.54) is 6.07 Å². The fourth-order valence-corrected chi connectivity index (χ4v) is 1.75. The zero-order valence-corrected chi connectivity index (χ0v) is 8.49. The summed E-state index contributed by atoms with van der Waals surface area (Å²) in [6, 6.07) is 5.07. The first-order chi connectivity index (χ1) is 7.22. The van der Waals surface area contributed by atoms with E-state index in [4.69, 9.17) is 10.8 Å². The van der Waals surface area contributed by atoms with Crippen molar-refractivity contribution in [1.82, 2.24) is 0 Å². The minimum Gasteiger partial charge on any atom is -0.399 e. The molecule has 15 heavy (non-hydrogen) atoms. The summed E-state index contributed by atoms with van der Waals surface area (Å²) in [5.74, 6) is -0.310. The average molecular weight is 210 g/mol. The number of rotatable bonds is 4. The summed E-state index contributed by atoms with van der Waals surface area (Å²) in [4.78, 5) is 1.91. The van der Waals surface area contributed by atoms with Crippen molar-refractivity contribution in [1.29, 1.82) is 0 Å². The van der Waals surface area contributed by atoms with Crippen molar-refractivity contribution in [3.05, 3.63) is 24.0 Å². The van der Waals surface area contributed by atoms with Gasteiger partial charge >= 0.3 is 0 Å². The Morgan fingerprint density at radius 2 is 2.20 bits per heavy atom. The molecule has 3 nitrogen and oxygen atoms in total. The third-order valence-corrected chi connectivity index (χ3v) is 2.61. The standard InChI is InChI=1S/C11H15FN2O/c12-10-7-8(13)1-4-11(10)14(5-6-15)9-2-3-9/h1,4,7,9,15H,2-3,5-6,13H2. The van der Waals surface area contributed by atoms with Gasteiger partial charge in [-0.15, -0.1) is 0 Å². The molecule has 1 aromatic rings. The predicted octanol–water partition coefficient (Wildman–Crippen LogP) is 1.37. The number of benzene rings is 1. The van der Waals surface area contributed by atoms with E-state index in [2.05, 4.69) is 0 Å². The Morgan fingerprint density at radius 3 is 2.73 bits per heavy atom. The van der Waals surface area contributed by atoms with E-state index in [0.29, 0.717) is 24.0 Å². The molecule has 1 aliphatic carbocycles. The lowest BCUT2D eigenvalue weighted by Gasteiger charge is -2.24. The summed E-state index contributed by atoms with van der Waals surface area (Å²) >= 11 is 0. The minimum absolute atomic E-state index is 0.0420. The number of anilines is 2. The number of halogens is 1. The molecule has 0 amide bonds. The maximum Gasteiger partial charge on any atom is 0.148 e. The Bertz CT molecular complexity index is 352. The van der Waals surface area contributed by atoms with E-state index >= 15 is 0 Å². The summed E-state index contributed by atoms with van der Waals surface area (Å²) < 4.78 is 13.6. The van der Waals surface area contributed by atoms with E-state index in [-0.39, 0.29) is 12.4 Å². The maximum absolute atomic E-state index is 13.6. The molecule has 0 atom stereocenters. The first-order valence-corrected chi connectivity index (χ1v) is 5.15. The van der Waals surface area contributed by atoms with Crippen LogP contribution in [0.3, 0.4) is 0 Å². The van der Waals surface area contributed by atoms with E-state index in [0.717, 1.165) is 12.8 Å². The van der Waals surface area contributed by atoms with Gasteiger partial charge in [-0.3, -0.25) is 0 Å². The Morgan fingerprint density at radius 1 is 1.47 bits per heavy atom. The lowest BCUT2D eigenvalue weighted by molar-refractivity contribution is 0.301. The van der Waals surface area contributed by atoms with Crippen LogP contribution in [0, 0.1) is 5.82 Å². The van der Waals surface area contributed by atoms with Crippen molar-refractivity contribution >= 4 is 11.4 Å². The van der Waals surface area contributed by atoms with Gasteiger partial charge in [0.2, 0.25) is 0 Å². The second kappa shape index (κ2) is 4.06. The van der Waals surface area contributed by atoms with Crippen molar-refractivity contribution in [3.8, 4) is 0 Å². The van der Waals surface area contributed by atoms with Gasteiger partial charge < -0.3 is 15.7 Å². The molecule has 2 rings (SSSR count). The molecule has 0 aromatic heterocycles. The largest absolute Gasteiger partial charge is 0.399 e. The molecule has 0 unspecified atom stereocenters. The molecule has 0 saturated heterocycles. The smallest absolute Gasteiger partial charge is 0.148 e. The quantitative estimate of drug-likeness (QED) is 0.738. The van der Waals surface area contributed by atoms with Crippen molar-refractivity contribution in [2.45, 2.75) is 18.9 Å². The van der Waals surface area contributed by atoms with E-state index in [9.17, 15) is 4.39 Å². The molecule has 82 valence electrons. The SMILES string of the molecule is Nc1ccc(N(CCO)C2CC2)c(F)c1. The molecule has 1 fully saturated rings. The van der Waals surface area contributed by atoms with Crippen LogP contribution in [-0.2, 0) is 0 Å². The maximum atomic E-state index is 13.6. The molecule has 0 radical (unpaired) electrons. The van der Waals surface area contributed by atoms with Gasteiger partial charge in [0.1, 0.15) is 5.82 Å². The second-order valence-electron chi connectivity index (χ2n) is 3.86. The minimum atomic E-state index is -0.310. The first-order valence-electron chi connectivity index (χ1n) is 5.15. The number of nitrogen functional groups attached to an aromatic ring is 1. The van der Waals surface area contributed by atoms with Gasteiger partial charge in [-0.05, 0) is 31.0 Å². The topological polar surface area (TPSA) is 49.5 Å². The summed E-state index contributed by atoms with van der Waals surface area (Å²) in [6.07, 6.45) is 2.15. The third kappa shape index (κ3) is 2.21. The number of hydrogen-bond donors (Lipinski definition) is 2. The van der Waals surface area contributed by atoms with Crippen molar-refractivity contribution < 1.29 is 9.50 Å². The van der Waals surface area contributed by atoms with Crippen LogP contribution in [0.2, 0.25) is 0 Å². The number of aliphatic hydroxyl groups excluding tert-OH is 1. The van der Waals surface area contributed by atoms with Crippen molar-refractivity contribution in [2.75, 3.05) is 23.8 Å². The lowest BCUT2D eigenvalue weighted by atomic mass is 10.2. The number of aliphatic hydroxyl groups is 1. The molecule has 0 aliphatic heterocycles. The predicted molar refractivity (Wildman–Crippen MR) is 58.3 cm³/mol. The van der Waals surface area contributed by atoms with Crippen LogP contribution in [0.25, 0.3) is 0 Å². The zero-order valence-electron chi connectivity index (χ0n) is 8.49. The van der Waals surface area contributed by atoms with Crippen molar-refractivity contribution in [2.24, 2.45) is 0 Å². The monoisotopic (exact) mass is 210 g/mol. The van der Waals surface area contributed by atoms with Gasteiger partial charge in [-0.25, -0.2) is 4.39 Å². The molecule has 1 aromatic carbocycles. The Hall–Kier alpha value is -1.29. The molecule has 0 spiro atoms. The average Bonchev–Trinajstić information content (AvgIpc) is 2.98. The molecule has 0 bridgehead atoms. The van der Waals surface area contributed by atoms with Gasteiger partial charge in [-0.1, -0.05) is 0 Å². The third-order valence-electron chi connectivity index (χ3n) is 2.61. The fraction of sp³-hybridized carbons (Fsp3) is 0.455. The van der Waals surface area contributed by atoms with E-state index < -0.39 is 0 Å². The summed E-state index contributed by atoms with van der Waals surface area (Å²) in [5, 5.41) is 8.93. The van der Waals surface area contributed by atoms with E-state index in [1.807, 2.05) is 4.90 Å². The fourth-order valence-electron chi connectivity index (χ4n) is 1.75. The normalized spacial score (nSPS) is 15.3. The Labute approximate surface area is 88.3 Å². The molecular formula is C11H15FN2O. The zero-order chi connectivity index (χ0) is 10.8. The summed E-state index contributed by atoms with van der Waals surface area (Å²) in [5.41, 5.74) is 6.45. The molecular weight excluding hydrogens is 195 g/mol.